The van der Waals surface area contributed by atoms with Crippen LogP contribution in [0, 0.1) is 0 Å². The molecule has 9 unspecified atom stereocenters. The molecule has 37 nitrogen and oxygen atoms in total. The van der Waals surface area contributed by atoms with Gasteiger partial charge in [0.2, 0.25) is 0 Å². The molecule has 6 rings (SSSR count). The van der Waals surface area contributed by atoms with Crippen LogP contribution in [0.5, 0.6) is 0 Å². The van der Waals surface area contributed by atoms with Gasteiger partial charge in [0.15, 0.2) is 0 Å². The van der Waals surface area contributed by atoms with Gasteiger partial charge in [0, 0.05) is 38.5 Å². The van der Waals surface area contributed by atoms with Crippen LogP contribution in [0.2, 0.25) is 0 Å². The summed E-state index contributed by atoms with van der Waals surface area (Å²) in [4.78, 5) is 90.4. The Kier molecular flexibility index (Phi) is 38.5. The third kappa shape index (κ3) is 32.7. The van der Waals surface area contributed by atoms with E-state index in [0.717, 1.165) is 0 Å². The van der Waals surface area contributed by atoms with Crippen LogP contribution in [0.3, 0.4) is 0 Å². The zero-order chi connectivity index (χ0) is 76.3. The summed E-state index contributed by atoms with van der Waals surface area (Å²) >= 11 is 0. The van der Waals surface area contributed by atoms with E-state index in [4.69, 9.17) is 87.2 Å². The standard InChI is InChI=1S/C24H48O18P4.C18H37O12P3.C12H26O7P2.CH4/c1-14(2)39-46(31,32)42-21-10-18(7)38-24(21)13-35-45(29,30)41-20-9-17(6)37-23(20)12-34-44(27,28)40-19-8-16(5)36-22(19)11-33-43(25,26)15(3)4;1-11(2)31(19,20)25-9-17-16(8-14(6)27-17)30-33(23,24)26-10-18-15(7-13(5)28-18)29-32(21,22)12(3)4;1-8(2)20(13,14)17-7-12-11(6-10(5)18-12)19-21(15,16)9(3)4;/h14-24H,8-13H2,1-7H3,(H,25,26)(H,27,28)(H,29,30)(H,31,32);11-18H,7-10H2,1-6H3,(H,19,20)(H,21,22)(H,23,24);8-12H,6-7H2,1-5H3,(H,13,14)(H,15,16);1H4/t16-,17-,18-,19-,20-,21-,22+,23+,24+;13-,14-,15-,16-,17+,18+;10-,11-,12+;/m000./s1. The van der Waals surface area contributed by atoms with Crippen LogP contribution in [-0.2, 0) is 128 Å². The summed E-state index contributed by atoms with van der Waals surface area (Å²) in [5.74, 6) is 0. The second-order valence-corrected chi connectivity index (χ2v) is 44.9. The number of phosphoric acid groups is 4. The predicted octanol–water partition coefficient (Wildman–Crippen LogP) is 10.9. The van der Waals surface area contributed by atoms with Gasteiger partial charge < -0.3 is 95.1 Å². The Hall–Kier alpha value is 0.950. The summed E-state index contributed by atoms with van der Waals surface area (Å²) in [5.41, 5.74) is -2.93. The van der Waals surface area contributed by atoms with Crippen molar-refractivity contribution >= 4 is 69.3 Å². The summed E-state index contributed by atoms with van der Waals surface area (Å²) < 4.78 is 212. The lowest BCUT2D eigenvalue weighted by molar-refractivity contribution is -0.0408. The molecule has 0 aromatic rings. The van der Waals surface area contributed by atoms with Crippen LogP contribution in [0.1, 0.15) is 171 Å². The zero-order valence-corrected chi connectivity index (χ0v) is 67.9. The highest BCUT2D eigenvalue weighted by Crippen LogP contribution is 2.57. The topological polar surface area (TPSA) is 511 Å². The van der Waals surface area contributed by atoms with Crippen molar-refractivity contribution in [2.45, 2.75) is 315 Å². The molecule has 0 aromatic carbocycles. The smallest absolute Gasteiger partial charge is 0.370 e. The Morgan fingerprint density at radius 3 is 0.624 bits per heavy atom. The zero-order valence-electron chi connectivity index (χ0n) is 59.8. The molecule has 6 fully saturated rings. The Morgan fingerprint density at radius 1 is 0.277 bits per heavy atom. The molecule has 6 saturated heterocycles. The van der Waals surface area contributed by atoms with Crippen LogP contribution < -0.4 is 0 Å². The fraction of sp³-hybridized carbons (Fsp3) is 1.00. The maximum atomic E-state index is 12.9. The first kappa shape index (κ1) is 96.2. The highest BCUT2D eigenvalue weighted by molar-refractivity contribution is 7.54. The summed E-state index contributed by atoms with van der Waals surface area (Å²) in [6.07, 6.45) is -11.8. The average molecular weight is 1650 g/mol. The number of hydrogen-bond acceptors (Lipinski definition) is 28. The van der Waals surface area contributed by atoms with Crippen molar-refractivity contribution < 1.29 is 172 Å². The fourth-order valence-electron chi connectivity index (χ4n) is 10.3. The van der Waals surface area contributed by atoms with Crippen LogP contribution in [0.25, 0.3) is 0 Å². The molecule has 0 aliphatic carbocycles. The molecule has 0 amide bonds. The van der Waals surface area contributed by atoms with Gasteiger partial charge in [-0.15, -0.1) is 0 Å². The molecule has 0 radical (unpaired) electrons. The van der Waals surface area contributed by atoms with E-state index >= 15 is 0 Å². The number of hydrogen-bond donors (Lipinski definition) is 9. The van der Waals surface area contributed by atoms with E-state index in [0.29, 0.717) is 12.8 Å². The third-order valence-electron chi connectivity index (χ3n) is 16.0. The first-order valence-electron chi connectivity index (χ1n) is 33.1. The monoisotopic (exact) mass is 1650 g/mol. The summed E-state index contributed by atoms with van der Waals surface area (Å²) in [6.45, 7) is 26.8. The van der Waals surface area contributed by atoms with Gasteiger partial charge >= 0.3 is 69.3 Å². The quantitative estimate of drug-likeness (QED) is 0.0261. The first-order chi connectivity index (χ1) is 45.5. The minimum atomic E-state index is -4.78. The molecule has 0 spiro atoms. The van der Waals surface area contributed by atoms with E-state index in [-0.39, 0.29) is 71.2 Å². The molecule has 0 aromatic heterocycles. The largest absolute Gasteiger partial charge is 0.472 e. The molecule has 602 valence electrons. The number of rotatable bonds is 37. The second kappa shape index (κ2) is 40.4. The van der Waals surface area contributed by atoms with E-state index in [1.165, 1.54) is 13.8 Å². The minimum absolute atomic E-state index is 0. The summed E-state index contributed by atoms with van der Waals surface area (Å²) in [7, 11) is -37.6. The number of phosphoric ester groups is 4. The lowest BCUT2D eigenvalue weighted by atomic mass is 10.1. The van der Waals surface area contributed by atoms with Crippen molar-refractivity contribution in [1.82, 2.24) is 0 Å². The van der Waals surface area contributed by atoms with Crippen molar-refractivity contribution in [1.29, 1.82) is 0 Å². The SMILES string of the molecule is C.CC(C)OP(=O)(O)O[C@H]1C[C@H](C)O[C@@H]1COP(=O)(O)O[C@H]1C[C@H](C)O[C@@H]1COP(=O)(O)O[C@H]1C[C@H](C)O[C@@H]1COP(=O)(O)C(C)C.CC(C)P(=O)(O)OC[C@H]1O[C@@H](C)C[C@@H]1OP(=O)(O)C(C)C.CC(C)P(=O)(O)OC[C@H]1O[C@@H](C)C[C@@H]1OP(=O)(O)OC[C@H]1O[C@@H](C)C[C@@H]1OP(=O)(O)C(C)C. The van der Waals surface area contributed by atoms with Crippen molar-refractivity contribution in [3.8, 4) is 0 Å². The molecular weight excluding hydrogens is 1530 g/mol. The lowest BCUT2D eigenvalue weighted by Gasteiger charge is -2.26. The molecular formula is C55H115O37P9. The highest BCUT2D eigenvalue weighted by Gasteiger charge is 2.49. The van der Waals surface area contributed by atoms with Gasteiger partial charge in [-0.2, -0.15) is 0 Å². The Balaban J connectivity index is 0.000000421. The Bertz CT molecular complexity index is 3000. The van der Waals surface area contributed by atoms with Crippen molar-refractivity contribution in [3.05, 3.63) is 0 Å². The van der Waals surface area contributed by atoms with Gasteiger partial charge in [-0.1, -0.05) is 76.7 Å². The molecule has 0 saturated carbocycles. The van der Waals surface area contributed by atoms with E-state index < -0.39 is 215 Å². The summed E-state index contributed by atoms with van der Waals surface area (Å²) in [6, 6.07) is 0. The van der Waals surface area contributed by atoms with Gasteiger partial charge in [0.1, 0.15) is 61.0 Å². The summed E-state index contributed by atoms with van der Waals surface area (Å²) in [5, 5.41) is 0. The predicted molar refractivity (Wildman–Crippen MR) is 366 cm³/mol. The fourth-order valence-corrected chi connectivity index (χ4v) is 18.0. The van der Waals surface area contributed by atoms with E-state index in [1.54, 1.807) is 104 Å². The molecule has 6 heterocycles. The molecule has 46 heteroatoms. The average Bonchev–Trinajstić information content (AvgIpc) is 1.73. The van der Waals surface area contributed by atoms with E-state index in [2.05, 4.69) is 0 Å². The van der Waals surface area contributed by atoms with Gasteiger partial charge in [0.25, 0.3) is 0 Å². The normalized spacial score (nSPS) is 35.5. The highest BCUT2D eigenvalue weighted by atomic mass is 31.2. The molecule has 6 aliphatic heterocycles. The van der Waals surface area contributed by atoms with Gasteiger partial charge in [0.05, 0.1) is 123 Å². The molecule has 0 bridgehead atoms. The minimum Gasteiger partial charge on any atom is -0.370 e. The van der Waals surface area contributed by atoms with Crippen LogP contribution in [0.15, 0.2) is 0 Å². The Labute approximate surface area is 593 Å². The van der Waals surface area contributed by atoms with E-state index in [9.17, 15) is 85.1 Å². The maximum Gasteiger partial charge on any atom is 0.472 e. The molecule has 9 N–H and O–H groups in total. The van der Waals surface area contributed by atoms with Gasteiger partial charge in [-0.25, -0.2) is 18.3 Å². The maximum absolute atomic E-state index is 12.9. The van der Waals surface area contributed by atoms with Crippen LogP contribution >= 0.6 is 69.3 Å². The van der Waals surface area contributed by atoms with Gasteiger partial charge in [-0.05, 0) is 55.4 Å². The van der Waals surface area contributed by atoms with E-state index in [1.807, 2.05) is 6.92 Å². The first-order valence-corrected chi connectivity index (χ1v) is 47.3. The van der Waals surface area contributed by atoms with Crippen molar-refractivity contribution in [2.75, 3.05) is 39.6 Å². The second-order valence-electron chi connectivity index (χ2n) is 27.3. The molecule has 6 aliphatic rings. The van der Waals surface area contributed by atoms with Crippen molar-refractivity contribution in [2.24, 2.45) is 0 Å². The number of ether oxygens (including phenoxy) is 6. The molecule has 27 atom stereocenters. The van der Waals surface area contributed by atoms with Crippen LogP contribution in [0.4, 0.5) is 0 Å². The van der Waals surface area contributed by atoms with Gasteiger partial charge in [-0.3, -0.25) is 59.0 Å². The van der Waals surface area contributed by atoms with Crippen LogP contribution in [-0.4, -0.2) is 228 Å². The molecule has 101 heavy (non-hydrogen) atoms. The van der Waals surface area contributed by atoms with Crippen molar-refractivity contribution in [3.63, 3.8) is 0 Å². The lowest BCUT2D eigenvalue weighted by Crippen LogP contribution is -2.31. The Morgan fingerprint density at radius 2 is 0.446 bits per heavy atom. The third-order valence-corrected chi connectivity index (χ3v) is 29.5.